The monoisotopic (exact) mass is 1150 g/mol. The van der Waals surface area contributed by atoms with E-state index in [2.05, 4.69) is 142 Å². The first-order valence-corrected chi connectivity index (χ1v) is 35.0. The summed E-state index contributed by atoms with van der Waals surface area (Å²) < 4.78 is 16.9. The largest absolute Gasteiger partial charge is 0.462 e. The molecule has 0 bridgehead atoms. The van der Waals surface area contributed by atoms with Crippen molar-refractivity contribution in [2.24, 2.45) is 0 Å². The average molecular weight is 1150 g/mol. The van der Waals surface area contributed by atoms with E-state index in [9.17, 15) is 14.4 Å². The number of ether oxygens (including phenoxy) is 3. The van der Waals surface area contributed by atoms with Gasteiger partial charge in [-0.1, -0.05) is 303 Å². The Morgan fingerprint density at radius 2 is 0.482 bits per heavy atom. The molecule has 474 valence electrons. The summed E-state index contributed by atoms with van der Waals surface area (Å²) in [5.74, 6) is -0.963. The van der Waals surface area contributed by atoms with E-state index in [1.54, 1.807) is 0 Å². The molecule has 0 N–H and O–H groups in total. The standard InChI is InChI=1S/C77H130O6/c1-4-7-10-13-16-19-22-25-28-31-33-35-37-38-40-41-43-46-49-52-55-58-61-64-67-70-76(79)82-73-74(72-81-75(78)69-66-63-60-57-54-51-48-45-30-27-24-21-18-15-12-9-6-3)83-77(80)71-68-65-62-59-56-53-50-47-44-42-39-36-34-32-29-26-23-20-17-14-11-8-5-2/h8,11,17-18,20-21,26-27,29-31,33-34,36,42,44,50,53,59,62,74H,4-7,9-10,12-16,19,22-25,28,32,35,37-41,43,45-49,51-52,54-58,60-61,63-73H2,1-3H3/b11-8-,20-17-,21-18-,29-26-,30-27-,33-31-,36-34-,44-42-,53-50-,62-59-. The maximum absolute atomic E-state index is 12.9. The molecular weight excluding hydrogens is 1020 g/mol. The van der Waals surface area contributed by atoms with E-state index in [-0.39, 0.29) is 37.5 Å². The van der Waals surface area contributed by atoms with Crippen molar-refractivity contribution in [2.45, 2.75) is 335 Å². The highest BCUT2D eigenvalue weighted by atomic mass is 16.6. The van der Waals surface area contributed by atoms with Gasteiger partial charge in [0.1, 0.15) is 13.2 Å². The van der Waals surface area contributed by atoms with Crippen molar-refractivity contribution in [1.82, 2.24) is 0 Å². The summed E-state index contributed by atoms with van der Waals surface area (Å²) in [6, 6.07) is 0. The van der Waals surface area contributed by atoms with Gasteiger partial charge in [-0.3, -0.25) is 14.4 Å². The predicted molar refractivity (Wildman–Crippen MR) is 362 cm³/mol. The Balaban J connectivity index is 4.45. The van der Waals surface area contributed by atoms with Gasteiger partial charge in [0.15, 0.2) is 6.10 Å². The Morgan fingerprint density at radius 1 is 0.253 bits per heavy atom. The van der Waals surface area contributed by atoms with Crippen LogP contribution >= 0.6 is 0 Å². The molecule has 0 radical (unpaired) electrons. The first-order valence-electron chi connectivity index (χ1n) is 35.0. The zero-order valence-corrected chi connectivity index (χ0v) is 54.4. The second kappa shape index (κ2) is 70.3. The first-order chi connectivity index (χ1) is 41.0. The molecule has 0 aromatic rings. The Bertz CT molecular complexity index is 1700. The van der Waals surface area contributed by atoms with Crippen molar-refractivity contribution in [3.05, 3.63) is 122 Å². The summed E-state index contributed by atoms with van der Waals surface area (Å²) in [6.45, 7) is 6.48. The van der Waals surface area contributed by atoms with Crippen LogP contribution < -0.4 is 0 Å². The molecule has 1 atom stereocenters. The fourth-order valence-electron chi connectivity index (χ4n) is 9.69. The van der Waals surface area contributed by atoms with Gasteiger partial charge in [0.05, 0.1) is 0 Å². The van der Waals surface area contributed by atoms with Crippen LogP contribution in [-0.4, -0.2) is 37.2 Å². The van der Waals surface area contributed by atoms with Gasteiger partial charge in [0.2, 0.25) is 0 Å². The van der Waals surface area contributed by atoms with Crippen LogP contribution in [0, 0.1) is 0 Å². The number of hydrogen-bond acceptors (Lipinski definition) is 6. The van der Waals surface area contributed by atoms with Crippen molar-refractivity contribution < 1.29 is 28.6 Å². The molecule has 0 saturated carbocycles. The number of carbonyl (C=O) groups is 3. The highest BCUT2D eigenvalue weighted by Gasteiger charge is 2.19. The molecule has 0 spiro atoms. The minimum absolute atomic E-state index is 0.105. The zero-order valence-electron chi connectivity index (χ0n) is 54.4. The van der Waals surface area contributed by atoms with Crippen LogP contribution in [-0.2, 0) is 28.6 Å². The van der Waals surface area contributed by atoms with Crippen molar-refractivity contribution in [1.29, 1.82) is 0 Å². The molecule has 0 aliphatic rings. The van der Waals surface area contributed by atoms with Crippen LogP contribution in [0.5, 0.6) is 0 Å². The van der Waals surface area contributed by atoms with Gasteiger partial charge in [-0.2, -0.15) is 0 Å². The van der Waals surface area contributed by atoms with Crippen LogP contribution in [0.2, 0.25) is 0 Å². The van der Waals surface area contributed by atoms with Gasteiger partial charge in [-0.25, -0.2) is 0 Å². The Labute approximate surface area is 513 Å². The predicted octanol–water partition coefficient (Wildman–Crippen LogP) is 24.3. The second-order valence-electron chi connectivity index (χ2n) is 23.1. The molecule has 6 nitrogen and oxygen atoms in total. The maximum atomic E-state index is 12.9. The van der Waals surface area contributed by atoms with Gasteiger partial charge < -0.3 is 14.2 Å². The summed E-state index contributed by atoms with van der Waals surface area (Å²) in [5, 5.41) is 0. The smallest absolute Gasteiger partial charge is 0.306 e. The molecule has 0 fully saturated rings. The molecule has 0 rings (SSSR count). The summed E-state index contributed by atoms with van der Waals surface area (Å²) in [5.41, 5.74) is 0. The highest BCUT2D eigenvalue weighted by molar-refractivity contribution is 5.71. The third kappa shape index (κ3) is 68.5. The van der Waals surface area contributed by atoms with Crippen molar-refractivity contribution in [3.63, 3.8) is 0 Å². The second-order valence-corrected chi connectivity index (χ2v) is 23.1. The van der Waals surface area contributed by atoms with Gasteiger partial charge in [0, 0.05) is 19.3 Å². The molecule has 0 aliphatic carbocycles. The number of allylic oxidation sites excluding steroid dienone is 20. The molecule has 0 aliphatic heterocycles. The lowest BCUT2D eigenvalue weighted by atomic mass is 10.0. The summed E-state index contributed by atoms with van der Waals surface area (Å²) in [4.78, 5) is 38.4. The normalized spacial score (nSPS) is 12.9. The number of esters is 3. The van der Waals surface area contributed by atoms with Crippen LogP contribution in [0.4, 0.5) is 0 Å². The molecule has 0 amide bonds. The SMILES string of the molecule is CC/C=C\C/C=C\C/C=C\C/C=C\C/C=C\C/C=C\C/C=C\CCCC(=O)OC(COC(=O)CCCCCCCCC/C=C\C/C=C\CCCCC)COC(=O)CCCCCCCCCCCCCCC/C=C\CCCCCCCCCC. The van der Waals surface area contributed by atoms with E-state index in [0.717, 1.165) is 103 Å². The van der Waals surface area contributed by atoms with Crippen LogP contribution in [0.15, 0.2) is 122 Å². The van der Waals surface area contributed by atoms with Crippen molar-refractivity contribution >= 4 is 17.9 Å². The minimum Gasteiger partial charge on any atom is -0.462 e. The number of rotatable bonds is 63. The van der Waals surface area contributed by atoms with Gasteiger partial charge in [-0.05, 0) is 128 Å². The van der Waals surface area contributed by atoms with E-state index in [4.69, 9.17) is 14.2 Å². The Morgan fingerprint density at radius 3 is 0.807 bits per heavy atom. The summed E-state index contributed by atoms with van der Waals surface area (Å²) in [6.07, 6.45) is 97.9. The van der Waals surface area contributed by atoms with Gasteiger partial charge in [-0.15, -0.1) is 0 Å². The molecule has 0 heterocycles. The van der Waals surface area contributed by atoms with Crippen LogP contribution in [0.3, 0.4) is 0 Å². The molecule has 6 heteroatoms. The maximum Gasteiger partial charge on any atom is 0.306 e. The van der Waals surface area contributed by atoms with Crippen LogP contribution in [0.25, 0.3) is 0 Å². The molecule has 83 heavy (non-hydrogen) atoms. The summed E-state index contributed by atoms with van der Waals surface area (Å²) in [7, 11) is 0. The molecular formula is C77H130O6. The number of hydrogen-bond donors (Lipinski definition) is 0. The fourth-order valence-corrected chi connectivity index (χ4v) is 9.69. The molecule has 0 aromatic heterocycles. The average Bonchev–Trinajstić information content (AvgIpc) is 3.49. The highest BCUT2D eigenvalue weighted by Crippen LogP contribution is 2.16. The lowest BCUT2D eigenvalue weighted by molar-refractivity contribution is -0.167. The third-order valence-electron chi connectivity index (χ3n) is 14.9. The lowest BCUT2D eigenvalue weighted by Gasteiger charge is -2.18. The first kappa shape index (κ1) is 78.8. The third-order valence-corrected chi connectivity index (χ3v) is 14.9. The van der Waals surface area contributed by atoms with Gasteiger partial charge >= 0.3 is 17.9 Å². The topological polar surface area (TPSA) is 78.9 Å². The van der Waals surface area contributed by atoms with E-state index in [1.165, 1.54) is 180 Å². The quantitative estimate of drug-likeness (QED) is 0.0261. The number of unbranched alkanes of at least 4 members (excludes halogenated alkanes) is 32. The number of carbonyl (C=O) groups excluding carboxylic acids is 3. The molecule has 0 saturated heterocycles. The van der Waals surface area contributed by atoms with E-state index in [1.807, 2.05) is 0 Å². The van der Waals surface area contributed by atoms with Crippen molar-refractivity contribution in [3.8, 4) is 0 Å². The molecule has 1 unspecified atom stereocenters. The fraction of sp³-hybridized carbons (Fsp3) is 0.701. The Kier molecular flexibility index (Phi) is 66.7. The van der Waals surface area contributed by atoms with Crippen LogP contribution in [0.1, 0.15) is 329 Å². The zero-order chi connectivity index (χ0) is 59.9. The van der Waals surface area contributed by atoms with Gasteiger partial charge in [0.25, 0.3) is 0 Å². The van der Waals surface area contributed by atoms with E-state index >= 15 is 0 Å². The summed E-state index contributed by atoms with van der Waals surface area (Å²) >= 11 is 0. The molecule has 0 aromatic carbocycles. The van der Waals surface area contributed by atoms with Crippen molar-refractivity contribution in [2.75, 3.05) is 13.2 Å². The minimum atomic E-state index is -0.817. The van der Waals surface area contributed by atoms with E-state index < -0.39 is 6.10 Å². The van der Waals surface area contributed by atoms with E-state index in [0.29, 0.717) is 19.3 Å². The lowest BCUT2D eigenvalue weighted by Crippen LogP contribution is -2.30. The Hall–Kier alpha value is -4.19.